The van der Waals surface area contributed by atoms with E-state index in [1.54, 1.807) is 24.3 Å². The van der Waals surface area contributed by atoms with Gasteiger partial charge in [-0.05, 0) is 31.4 Å². The van der Waals surface area contributed by atoms with E-state index in [1.807, 2.05) is 6.92 Å². The van der Waals surface area contributed by atoms with Gasteiger partial charge < -0.3 is 15.8 Å². The molecule has 26 heavy (non-hydrogen) atoms. The lowest BCUT2D eigenvalue weighted by atomic mass is 10.0. The van der Waals surface area contributed by atoms with E-state index < -0.39 is 11.9 Å². The van der Waals surface area contributed by atoms with Crippen LogP contribution in [0.25, 0.3) is 0 Å². The quantitative estimate of drug-likeness (QED) is 0.454. The number of thioether (sulfide) groups is 1. The van der Waals surface area contributed by atoms with Crippen molar-refractivity contribution in [1.82, 2.24) is 5.32 Å². The van der Waals surface area contributed by atoms with Crippen LogP contribution >= 0.6 is 11.8 Å². The first-order chi connectivity index (χ1) is 12.3. The Labute approximate surface area is 159 Å². The highest BCUT2D eigenvalue weighted by Gasteiger charge is 2.16. The molecule has 7 heteroatoms. The van der Waals surface area contributed by atoms with Gasteiger partial charge >= 0.3 is 5.97 Å². The Hall–Kier alpha value is -2.02. The maximum absolute atomic E-state index is 12.2. The van der Waals surface area contributed by atoms with E-state index in [1.165, 1.54) is 0 Å². The van der Waals surface area contributed by atoms with Gasteiger partial charge in [0, 0.05) is 10.9 Å². The molecule has 0 fully saturated rings. The number of amides is 2. The monoisotopic (exact) mass is 380 g/mol. The van der Waals surface area contributed by atoms with Gasteiger partial charge in [-0.1, -0.05) is 38.8 Å². The Balaban J connectivity index is 2.46. The van der Waals surface area contributed by atoms with E-state index in [4.69, 9.17) is 10.5 Å². The zero-order valence-corrected chi connectivity index (χ0v) is 16.4. The van der Waals surface area contributed by atoms with E-state index in [0.717, 1.165) is 31.0 Å². The maximum Gasteiger partial charge on any atom is 0.339 e. The van der Waals surface area contributed by atoms with E-state index in [9.17, 15) is 14.4 Å². The molecule has 144 valence electrons. The SMILES string of the molecule is CC(C)CCCC(C)NC(=O)COC(=O)c1ccccc1SCC(N)=O. The highest BCUT2D eigenvalue weighted by atomic mass is 32.2. The molecule has 1 rings (SSSR count). The molecule has 0 heterocycles. The average Bonchev–Trinajstić information content (AvgIpc) is 2.57. The highest BCUT2D eigenvalue weighted by molar-refractivity contribution is 8.00. The average molecular weight is 381 g/mol. The number of rotatable bonds is 11. The number of nitrogens with one attached hydrogen (secondary N) is 1. The van der Waals surface area contributed by atoms with E-state index in [2.05, 4.69) is 19.2 Å². The summed E-state index contributed by atoms with van der Waals surface area (Å²) in [6.45, 7) is 5.95. The third kappa shape index (κ3) is 8.89. The zero-order valence-electron chi connectivity index (χ0n) is 15.6. The highest BCUT2D eigenvalue weighted by Crippen LogP contribution is 2.23. The van der Waals surface area contributed by atoms with Gasteiger partial charge in [0.25, 0.3) is 5.91 Å². The van der Waals surface area contributed by atoms with E-state index in [-0.39, 0.29) is 24.3 Å². The number of hydrogen-bond donors (Lipinski definition) is 2. The van der Waals surface area contributed by atoms with Crippen LogP contribution in [0, 0.1) is 5.92 Å². The Bertz CT molecular complexity index is 619. The van der Waals surface area contributed by atoms with Crippen molar-refractivity contribution in [2.45, 2.75) is 51.0 Å². The minimum Gasteiger partial charge on any atom is -0.452 e. The van der Waals surface area contributed by atoms with Gasteiger partial charge in [-0.2, -0.15) is 0 Å². The Morgan fingerprint density at radius 1 is 1.15 bits per heavy atom. The first kappa shape index (κ1) is 22.0. The van der Waals surface area contributed by atoms with Crippen molar-refractivity contribution in [3.63, 3.8) is 0 Å². The maximum atomic E-state index is 12.2. The third-order valence-electron chi connectivity index (χ3n) is 3.64. The molecular formula is C19H28N2O4S. The van der Waals surface area contributed by atoms with Gasteiger partial charge in [0.2, 0.25) is 5.91 Å². The molecule has 0 radical (unpaired) electrons. The lowest BCUT2D eigenvalue weighted by Gasteiger charge is -2.15. The fourth-order valence-electron chi connectivity index (χ4n) is 2.34. The summed E-state index contributed by atoms with van der Waals surface area (Å²) in [6.07, 6.45) is 3.06. The number of ether oxygens (including phenoxy) is 1. The van der Waals surface area contributed by atoms with Crippen LogP contribution in [0.2, 0.25) is 0 Å². The number of hydrogen-bond acceptors (Lipinski definition) is 5. The van der Waals surface area contributed by atoms with Crippen molar-refractivity contribution >= 4 is 29.5 Å². The molecule has 2 amide bonds. The molecule has 0 aliphatic rings. The molecule has 1 atom stereocenters. The van der Waals surface area contributed by atoms with E-state index >= 15 is 0 Å². The number of esters is 1. The van der Waals surface area contributed by atoms with Crippen molar-refractivity contribution < 1.29 is 19.1 Å². The van der Waals surface area contributed by atoms with Crippen molar-refractivity contribution in [3.05, 3.63) is 29.8 Å². The van der Waals surface area contributed by atoms with Crippen molar-refractivity contribution in [2.75, 3.05) is 12.4 Å². The first-order valence-electron chi connectivity index (χ1n) is 8.76. The van der Waals surface area contributed by atoms with Crippen LogP contribution in [0.1, 0.15) is 50.4 Å². The van der Waals surface area contributed by atoms with Crippen LogP contribution in [-0.4, -0.2) is 36.2 Å². The fraction of sp³-hybridized carbons (Fsp3) is 0.526. The predicted molar refractivity (Wildman–Crippen MR) is 103 cm³/mol. The molecule has 0 saturated heterocycles. The minimum atomic E-state index is -0.597. The van der Waals surface area contributed by atoms with Crippen LogP contribution < -0.4 is 11.1 Å². The van der Waals surface area contributed by atoms with Crippen molar-refractivity contribution in [3.8, 4) is 0 Å². The fourth-order valence-corrected chi connectivity index (χ4v) is 3.12. The van der Waals surface area contributed by atoms with Crippen LogP contribution in [0.3, 0.4) is 0 Å². The second kappa shape index (κ2) is 11.6. The van der Waals surface area contributed by atoms with Crippen molar-refractivity contribution in [2.24, 2.45) is 11.7 Å². The van der Waals surface area contributed by atoms with Gasteiger partial charge in [0.15, 0.2) is 6.61 Å². The zero-order chi connectivity index (χ0) is 19.5. The standard InChI is InChI=1S/C19H28N2O4S/c1-13(2)7-6-8-14(3)21-18(23)11-25-19(24)15-9-4-5-10-16(15)26-12-17(20)22/h4-5,9-10,13-14H,6-8,11-12H2,1-3H3,(H2,20,22)(H,21,23). The van der Waals surface area contributed by atoms with Gasteiger partial charge in [-0.3, -0.25) is 9.59 Å². The molecule has 0 spiro atoms. The molecule has 0 aliphatic heterocycles. The lowest BCUT2D eigenvalue weighted by Crippen LogP contribution is -2.35. The van der Waals surface area contributed by atoms with Crippen LogP contribution in [0.4, 0.5) is 0 Å². The molecule has 0 aliphatic carbocycles. The lowest BCUT2D eigenvalue weighted by molar-refractivity contribution is -0.124. The van der Waals surface area contributed by atoms with Gasteiger partial charge in [-0.15, -0.1) is 11.8 Å². The number of carbonyl (C=O) groups is 3. The Morgan fingerprint density at radius 2 is 1.85 bits per heavy atom. The second-order valence-electron chi connectivity index (χ2n) is 6.62. The summed E-state index contributed by atoms with van der Waals surface area (Å²) in [5.74, 6) is -0.674. The summed E-state index contributed by atoms with van der Waals surface area (Å²) < 4.78 is 5.10. The second-order valence-corrected chi connectivity index (χ2v) is 7.64. The number of primary amides is 1. The third-order valence-corrected chi connectivity index (χ3v) is 4.73. The van der Waals surface area contributed by atoms with Crippen LogP contribution in [0.15, 0.2) is 29.2 Å². The normalized spacial score (nSPS) is 11.8. The molecule has 1 unspecified atom stereocenters. The Morgan fingerprint density at radius 3 is 2.50 bits per heavy atom. The van der Waals surface area contributed by atoms with Gasteiger partial charge in [0.05, 0.1) is 11.3 Å². The van der Waals surface area contributed by atoms with Gasteiger partial charge in [0.1, 0.15) is 0 Å². The molecule has 3 N–H and O–H groups in total. The molecule has 6 nitrogen and oxygen atoms in total. The molecule has 1 aromatic rings. The Kier molecular flexibility index (Phi) is 9.80. The molecule has 0 aromatic heterocycles. The summed E-state index contributed by atoms with van der Waals surface area (Å²) in [4.78, 5) is 35.7. The summed E-state index contributed by atoms with van der Waals surface area (Å²) in [7, 11) is 0. The minimum absolute atomic E-state index is 0.0401. The van der Waals surface area contributed by atoms with E-state index in [0.29, 0.717) is 16.4 Å². The first-order valence-corrected chi connectivity index (χ1v) is 9.74. The number of nitrogens with two attached hydrogens (primary N) is 1. The molecule has 0 saturated carbocycles. The molecule has 1 aromatic carbocycles. The van der Waals surface area contributed by atoms with Crippen molar-refractivity contribution in [1.29, 1.82) is 0 Å². The largest absolute Gasteiger partial charge is 0.452 e. The smallest absolute Gasteiger partial charge is 0.339 e. The predicted octanol–water partition coefficient (Wildman–Crippen LogP) is 2.75. The molecular weight excluding hydrogens is 352 g/mol. The number of carbonyl (C=O) groups excluding carboxylic acids is 3. The summed E-state index contributed by atoms with van der Waals surface area (Å²) in [5.41, 5.74) is 5.45. The van der Waals surface area contributed by atoms with Gasteiger partial charge in [-0.25, -0.2) is 4.79 Å². The molecule has 0 bridgehead atoms. The van der Waals surface area contributed by atoms with Crippen LogP contribution in [-0.2, 0) is 14.3 Å². The van der Waals surface area contributed by atoms with Crippen LogP contribution in [0.5, 0.6) is 0 Å². The topological polar surface area (TPSA) is 98.5 Å². The summed E-state index contributed by atoms with van der Waals surface area (Å²) in [5, 5.41) is 2.83. The number of benzene rings is 1. The summed E-state index contributed by atoms with van der Waals surface area (Å²) >= 11 is 1.16. The summed E-state index contributed by atoms with van der Waals surface area (Å²) in [6, 6.07) is 6.80.